The van der Waals surface area contributed by atoms with Gasteiger partial charge in [-0.15, -0.1) is 0 Å². The van der Waals surface area contributed by atoms with Crippen molar-refractivity contribution in [3.63, 3.8) is 0 Å². The lowest BCUT2D eigenvalue weighted by atomic mass is 10.2. The molecular formula is C17H14ClFN2O4. The van der Waals surface area contributed by atoms with Crippen LogP contribution in [0.1, 0.15) is 17.7 Å². The summed E-state index contributed by atoms with van der Waals surface area (Å²) in [5, 5.41) is 4.56. The number of benzene rings is 1. The van der Waals surface area contributed by atoms with Crippen molar-refractivity contribution in [2.24, 2.45) is 0 Å². The van der Waals surface area contributed by atoms with Gasteiger partial charge in [-0.1, -0.05) is 11.6 Å². The van der Waals surface area contributed by atoms with Crippen LogP contribution in [0.5, 0.6) is 0 Å². The summed E-state index contributed by atoms with van der Waals surface area (Å²) in [5.41, 5.74) is 1.70. The van der Waals surface area contributed by atoms with Crippen molar-refractivity contribution in [1.82, 2.24) is 9.78 Å². The second-order valence-electron chi connectivity index (χ2n) is 5.39. The van der Waals surface area contributed by atoms with E-state index < -0.39 is 18.0 Å². The average Bonchev–Trinajstić information content (AvgIpc) is 3.10. The third kappa shape index (κ3) is 3.71. The number of hydrogen-bond acceptors (Lipinski definition) is 5. The Morgan fingerprint density at radius 1 is 1.44 bits per heavy atom. The lowest BCUT2D eigenvalue weighted by molar-refractivity contribution is -0.156. The van der Waals surface area contributed by atoms with Crippen LogP contribution in [-0.4, -0.2) is 34.4 Å². The molecule has 0 aliphatic carbocycles. The minimum atomic E-state index is -0.865. The van der Waals surface area contributed by atoms with Crippen LogP contribution in [0.4, 0.5) is 4.39 Å². The summed E-state index contributed by atoms with van der Waals surface area (Å²) < 4.78 is 24.2. The average molecular weight is 365 g/mol. The first-order valence-electron chi connectivity index (χ1n) is 7.52. The zero-order valence-electron chi connectivity index (χ0n) is 13.2. The van der Waals surface area contributed by atoms with Crippen molar-refractivity contribution in [3.05, 3.63) is 52.6 Å². The minimum Gasteiger partial charge on any atom is -0.463 e. The number of hydrogen-bond donors (Lipinski definition) is 0. The van der Waals surface area contributed by atoms with Crippen molar-refractivity contribution in [3.8, 4) is 5.69 Å². The Morgan fingerprint density at radius 2 is 2.16 bits per heavy atom. The zero-order chi connectivity index (χ0) is 18.0. The maximum absolute atomic E-state index is 13.0. The number of nitrogens with zero attached hydrogens (tertiary/aromatic N) is 2. The summed E-state index contributed by atoms with van der Waals surface area (Å²) in [6, 6.07) is 5.69. The lowest BCUT2D eigenvalue weighted by Crippen LogP contribution is -2.21. The van der Waals surface area contributed by atoms with Crippen molar-refractivity contribution in [2.75, 3.05) is 6.61 Å². The van der Waals surface area contributed by atoms with Gasteiger partial charge in [-0.2, -0.15) is 5.10 Å². The zero-order valence-corrected chi connectivity index (χ0v) is 14.0. The number of carbonyl (C=O) groups is 2. The first-order chi connectivity index (χ1) is 12.0. The van der Waals surface area contributed by atoms with E-state index >= 15 is 0 Å². The van der Waals surface area contributed by atoms with E-state index in [0.717, 1.165) is 0 Å². The molecule has 1 aliphatic heterocycles. The standard InChI is InChI=1S/C17H14ClFN2O4/c1-10-13(6-7-15(22)25-14-8-9-24-17(14)23)16(18)21(20-10)12-4-2-11(19)3-5-12/h2-7,14H,8-9H2,1H3/b7-6+/t14-/m0/s1. The van der Waals surface area contributed by atoms with Crippen LogP contribution in [0.25, 0.3) is 11.8 Å². The molecule has 0 spiro atoms. The Balaban J connectivity index is 1.77. The van der Waals surface area contributed by atoms with Gasteiger partial charge < -0.3 is 9.47 Å². The highest BCUT2D eigenvalue weighted by atomic mass is 35.5. The molecule has 3 rings (SSSR count). The third-order valence-corrected chi connectivity index (χ3v) is 4.01. The number of esters is 2. The fourth-order valence-corrected chi connectivity index (χ4v) is 2.70. The monoisotopic (exact) mass is 364 g/mol. The van der Waals surface area contributed by atoms with Gasteiger partial charge in [0.15, 0.2) is 0 Å². The highest BCUT2D eigenvalue weighted by molar-refractivity contribution is 6.31. The molecule has 1 fully saturated rings. The Bertz CT molecular complexity index is 845. The SMILES string of the molecule is Cc1nn(-c2ccc(F)cc2)c(Cl)c1/C=C/C(=O)O[C@H]1CCOC1=O. The van der Waals surface area contributed by atoms with Crippen molar-refractivity contribution in [2.45, 2.75) is 19.4 Å². The van der Waals surface area contributed by atoms with Gasteiger partial charge in [0.1, 0.15) is 11.0 Å². The highest BCUT2D eigenvalue weighted by Crippen LogP contribution is 2.25. The van der Waals surface area contributed by atoms with Gasteiger partial charge in [0.05, 0.1) is 18.0 Å². The lowest BCUT2D eigenvalue weighted by Gasteiger charge is -2.05. The molecule has 1 aliphatic rings. The summed E-state index contributed by atoms with van der Waals surface area (Å²) in [5.74, 6) is -1.58. The topological polar surface area (TPSA) is 70.4 Å². The van der Waals surface area contributed by atoms with E-state index in [1.54, 1.807) is 19.1 Å². The maximum atomic E-state index is 13.0. The third-order valence-electron chi connectivity index (χ3n) is 3.65. The molecule has 6 nitrogen and oxygen atoms in total. The first-order valence-corrected chi connectivity index (χ1v) is 7.90. The predicted octanol–water partition coefficient (Wildman–Crippen LogP) is 2.85. The molecule has 0 unspecified atom stereocenters. The van der Waals surface area contributed by atoms with Gasteiger partial charge in [-0.25, -0.2) is 18.7 Å². The summed E-state index contributed by atoms with van der Waals surface area (Å²) in [4.78, 5) is 23.1. The van der Waals surface area contributed by atoms with E-state index in [1.165, 1.54) is 29.0 Å². The summed E-state index contributed by atoms with van der Waals surface area (Å²) in [6.45, 7) is 1.97. The number of halogens is 2. The molecule has 0 amide bonds. The number of cyclic esters (lactones) is 1. The van der Waals surface area contributed by atoms with Gasteiger partial charge in [0.25, 0.3) is 0 Å². The maximum Gasteiger partial charge on any atom is 0.347 e. The fraction of sp³-hybridized carbons (Fsp3) is 0.235. The van der Waals surface area contributed by atoms with Crippen LogP contribution >= 0.6 is 11.6 Å². The molecule has 8 heteroatoms. The van der Waals surface area contributed by atoms with E-state index in [1.807, 2.05) is 0 Å². The predicted molar refractivity (Wildman–Crippen MR) is 87.8 cm³/mol. The second kappa shape index (κ2) is 7.06. The summed E-state index contributed by atoms with van der Waals surface area (Å²) in [6.07, 6.45) is 2.13. The largest absolute Gasteiger partial charge is 0.463 e. The van der Waals surface area contributed by atoms with Gasteiger partial charge >= 0.3 is 11.9 Å². The fourth-order valence-electron chi connectivity index (χ4n) is 2.37. The summed E-state index contributed by atoms with van der Waals surface area (Å²) >= 11 is 6.31. The van der Waals surface area contributed by atoms with E-state index in [0.29, 0.717) is 23.4 Å². The van der Waals surface area contributed by atoms with Gasteiger partial charge in [-0.05, 0) is 37.3 Å². The molecule has 25 heavy (non-hydrogen) atoms. The Kier molecular flexibility index (Phi) is 4.85. The van der Waals surface area contributed by atoms with Crippen LogP contribution < -0.4 is 0 Å². The van der Waals surface area contributed by atoms with E-state index in [4.69, 9.17) is 21.1 Å². The van der Waals surface area contributed by atoms with Crippen LogP contribution in [0, 0.1) is 12.7 Å². The normalized spacial score (nSPS) is 17.1. The number of carbonyl (C=O) groups excluding carboxylic acids is 2. The molecule has 2 aromatic rings. The van der Waals surface area contributed by atoms with Crippen molar-refractivity contribution < 1.29 is 23.5 Å². The number of ether oxygens (including phenoxy) is 2. The van der Waals surface area contributed by atoms with Crippen LogP contribution in [0.15, 0.2) is 30.3 Å². The molecule has 0 radical (unpaired) electrons. The van der Waals surface area contributed by atoms with Crippen LogP contribution in [0.3, 0.4) is 0 Å². The molecule has 1 aromatic heterocycles. The molecule has 1 aromatic carbocycles. The molecule has 1 atom stereocenters. The van der Waals surface area contributed by atoms with Gasteiger partial charge in [-0.3, -0.25) is 0 Å². The van der Waals surface area contributed by atoms with Gasteiger partial charge in [0.2, 0.25) is 6.10 Å². The Hall–Kier alpha value is -2.67. The van der Waals surface area contributed by atoms with E-state index in [9.17, 15) is 14.0 Å². The Labute approximate surface area is 147 Å². The smallest absolute Gasteiger partial charge is 0.347 e. The quantitative estimate of drug-likeness (QED) is 0.616. The number of rotatable bonds is 4. The summed E-state index contributed by atoms with van der Waals surface area (Å²) in [7, 11) is 0. The van der Waals surface area contributed by atoms with Crippen molar-refractivity contribution in [1.29, 1.82) is 0 Å². The molecule has 0 saturated carbocycles. The highest BCUT2D eigenvalue weighted by Gasteiger charge is 2.29. The Morgan fingerprint density at radius 3 is 2.80 bits per heavy atom. The first kappa shape index (κ1) is 17.2. The molecule has 0 bridgehead atoms. The molecular weight excluding hydrogens is 351 g/mol. The molecule has 130 valence electrons. The number of aryl methyl sites for hydroxylation is 1. The van der Waals surface area contributed by atoms with Crippen LogP contribution in [-0.2, 0) is 19.1 Å². The minimum absolute atomic E-state index is 0.246. The van der Waals surface area contributed by atoms with Crippen LogP contribution in [0.2, 0.25) is 5.15 Å². The second-order valence-corrected chi connectivity index (χ2v) is 5.75. The van der Waals surface area contributed by atoms with Gasteiger partial charge in [0, 0.05) is 18.1 Å². The molecule has 1 saturated heterocycles. The van der Waals surface area contributed by atoms with Crippen molar-refractivity contribution >= 4 is 29.6 Å². The van der Waals surface area contributed by atoms with E-state index in [-0.39, 0.29) is 17.6 Å². The molecule has 2 heterocycles. The molecule has 0 N–H and O–H groups in total. The number of aromatic nitrogens is 2. The van der Waals surface area contributed by atoms with E-state index in [2.05, 4.69) is 5.10 Å².